The first-order valence-electron chi connectivity index (χ1n) is 7.54. The van der Waals surface area contributed by atoms with Crippen molar-refractivity contribution in [2.45, 2.75) is 70.3 Å². The monoisotopic (exact) mass is 409 g/mol. The second kappa shape index (κ2) is 6.75. The number of nitrogens with zero attached hydrogens (tertiary/aromatic N) is 1. The molecule has 1 aliphatic heterocycles. The molecule has 4 heteroatoms. The molecule has 0 aromatic heterocycles. The molecule has 1 saturated carbocycles. The SMILES string of the molecule is C[N+]1(C2CCCCC2)SC(=S)C2=C1CCCCC2.[I-]. The predicted octanol–water partition coefficient (Wildman–Crippen LogP) is 1.98. The molecule has 0 spiro atoms. The van der Waals surface area contributed by atoms with Crippen LogP contribution in [0.2, 0.25) is 0 Å². The molecule has 1 nitrogen and oxygen atoms in total. The summed E-state index contributed by atoms with van der Waals surface area (Å²) >= 11 is 7.67. The van der Waals surface area contributed by atoms with E-state index in [4.69, 9.17) is 12.2 Å². The molecule has 2 aliphatic carbocycles. The number of rotatable bonds is 1. The van der Waals surface area contributed by atoms with Crippen molar-refractivity contribution in [2.75, 3.05) is 7.05 Å². The van der Waals surface area contributed by atoms with Gasteiger partial charge in [-0.2, -0.15) is 0 Å². The van der Waals surface area contributed by atoms with Crippen molar-refractivity contribution in [3.8, 4) is 0 Å². The molecule has 3 rings (SSSR count). The molecule has 3 aliphatic rings. The van der Waals surface area contributed by atoms with Crippen LogP contribution in [0.3, 0.4) is 0 Å². The molecular weight excluding hydrogens is 385 g/mol. The van der Waals surface area contributed by atoms with Crippen LogP contribution in [0.4, 0.5) is 0 Å². The van der Waals surface area contributed by atoms with Gasteiger partial charge in [0, 0.05) is 24.8 Å². The topological polar surface area (TPSA) is 0 Å². The number of thiocarbonyl (C=S) groups is 1. The Morgan fingerprint density at radius 2 is 1.63 bits per heavy atom. The Labute approximate surface area is 144 Å². The number of quaternary nitrogens is 1. The van der Waals surface area contributed by atoms with Crippen molar-refractivity contribution in [3.63, 3.8) is 0 Å². The lowest BCUT2D eigenvalue weighted by molar-refractivity contribution is -0.763. The van der Waals surface area contributed by atoms with Gasteiger partial charge in [-0.1, -0.05) is 25.1 Å². The van der Waals surface area contributed by atoms with E-state index >= 15 is 0 Å². The van der Waals surface area contributed by atoms with Crippen LogP contribution in [0, 0.1) is 0 Å². The minimum absolute atomic E-state index is 0. The van der Waals surface area contributed by atoms with Gasteiger partial charge in [0.05, 0.1) is 7.05 Å². The Hall–Kier alpha value is 0.870. The van der Waals surface area contributed by atoms with Crippen LogP contribution in [0.1, 0.15) is 64.2 Å². The maximum absolute atomic E-state index is 5.68. The van der Waals surface area contributed by atoms with Gasteiger partial charge >= 0.3 is 0 Å². The predicted molar refractivity (Wildman–Crippen MR) is 83.4 cm³/mol. The fourth-order valence-corrected chi connectivity index (χ4v) is 5.96. The third-order valence-corrected chi connectivity index (χ3v) is 6.80. The molecule has 1 atom stereocenters. The summed E-state index contributed by atoms with van der Waals surface area (Å²) in [6, 6.07) is 0.826. The largest absolute Gasteiger partial charge is 1.00 e. The van der Waals surface area contributed by atoms with E-state index in [1.54, 1.807) is 11.3 Å². The summed E-state index contributed by atoms with van der Waals surface area (Å²) in [5.74, 6) is 0. The molecule has 1 heterocycles. The minimum Gasteiger partial charge on any atom is -1.00 e. The highest BCUT2D eigenvalue weighted by molar-refractivity contribution is 8.20. The second-order valence-corrected chi connectivity index (χ2v) is 8.16. The Bertz CT molecular complexity index is 388. The summed E-state index contributed by atoms with van der Waals surface area (Å²) in [5, 5.41) is 0. The maximum Gasteiger partial charge on any atom is 0.138 e. The lowest BCUT2D eigenvalue weighted by atomic mass is 9.93. The Kier molecular flexibility index (Phi) is 5.77. The zero-order valence-electron chi connectivity index (χ0n) is 11.8. The molecular formula is C15H24INS2. The van der Waals surface area contributed by atoms with Crippen LogP contribution in [-0.2, 0) is 0 Å². The van der Waals surface area contributed by atoms with Crippen LogP contribution < -0.4 is 24.0 Å². The third-order valence-electron chi connectivity index (χ3n) is 5.02. The molecule has 19 heavy (non-hydrogen) atoms. The molecule has 0 N–H and O–H groups in total. The molecule has 108 valence electrons. The minimum atomic E-state index is 0. The first-order chi connectivity index (χ1) is 8.72. The highest BCUT2D eigenvalue weighted by Gasteiger charge is 2.47. The van der Waals surface area contributed by atoms with Crippen LogP contribution in [-0.4, -0.2) is 21.2 Å². The van der Waals surface area contributed by atoms with Gasteiger partial charge < -0.3 is 24.0 Å². The molecule has 0 saturated heterocycles. The van der Waals surface area contributed by atoms with E-state index in [1.807, 2.05) is 11.9 Å². The Balaban J connectivity index is 0.00000133. The maximum atomic E-state index is 5.68. The normalized spacial score (nSPS) is 32.8. The van der Waals surface area contributed by atoms with E-state index in [1.165, 1.54) is 68.4 Å². The van der Waals surface area contributed by atoms with Crippen molar-refractivity contribution < 1.29 is 27.9 Å². The molecule has 0 aromatic rings. The van der Waals surface area contributed by atoms with E-state index in [0.717, 1.165) is 9.93 Å². The molecule has 0 bridgehead atoms. The van der Waals surface area contributed by atoms with Crippen LogP contribution in [0.15, 0.2) is 11.3 Å². The quantitative estimate of drug-likeness (QED) is 0.281. The van der Waals surface area contributed by atoms with Crippen LogP contribution >= 0.6 is 24.2 Å². The van der Waals surface area contributed by atoms with E-state index in [9.17, 15) is 0 Å². The van der Waals surface area contributed by atoms with Crippen molar-refractivity contribution in [1.82, 2.24) is 0 Å². The van der Waals surface area contributed by atoms with Gasteiger partial charge in [-0.15, -0.1) is 0 Å². The van der Waals surface area contributed by atoms with E-state index in [-0.39, 0.29) is 24.0 Å². The summed E-state index contributed by atoms with van der Waals surface area (Å²) in [6.45, 7) is 0. The zero-order valence-corrected chi connectivity index (χ0v) is 15.6. The van der Waals surface area contributed by atoms with Crippen molar-refractivity contribution in [2.24, 2.45) is 0 Å². The second-order valence-electron chi connectivity index (χ2n) is 6.15. The summed E-state index contributed by atoms with van der Waals surface area (Å²) in [6.07, 6.45) is 13.8. The number of hydrogen-bond acceptors (Lipinski definition) is 2. The van der Waals surface area contributed by atoms with Crippen molar-refractivity contribution in [1.29, 1.82) is 0 Å². The molecule has 0 radical (unpaired) electrons. The van der Waals surface area contributed by atoms with Crippen LogP contribution in [0.25, 0.3) is 0 Å². The average Bonchev–Trinajstić information content (AvgIpc) is 2.60. The standard InChI is InChI=1S/C15H24NS2.HI/c1-16(12-8-4-2-5-9-12)14-11-7-3-6-10-13(14)15(17)18-16;/h12H,2-11H2,1H3;1H/q+1;/p-1. The molecule has 1 fully saturated rings. The van der Waals surface area contributed by atoms with Gasteiger partial charge in [-0.05, 0) is 32.1 Å². The smallest absolute Gasteiger partial charge is 0.138 e. The summed E-state index contributed by atoms with van der Waals surface area (Å²) in [5.41, 5.74) is 3.27. The van der Waals surface area contributed by atoms with Gasteiger partial charge in [0.15, 0.2) is 0 Å². The van der Waals surface area contributed by atoms with Crippen LogP contribution in [0.5, 0.6) is 0 Å². The summed E-state index contributed by atoms with van der Waals surface area (Å²) in [4.78, 5) is 0. The number of hydrogen-bond donors (Lipinski definition) is 0. The van der Waals surface area contributed by atoms with E-state index in [2.05, 4.69) is 7.05 Å². The van der Waals surface area contributed by atoms with Gasteiger partial charge in [-0.3, -0.25) is 0 Å². The van der Waals surface area contributed by atoms with Crippen molar-refractivity contribution in [3.05, 3.63) is 11.3 Å². The fourth-order valence-electron chi connectivity index (χ4n) is 3.93. The molecule has 0 amide bonds. The lowest BCUT2D eigenvalue weighted by Crippen LogP contribution is -3.00. The Morgan fingerprint density at radius 3 is 2.37 bits per heavy atom. The summed E-state index contributed by atoms with van der Waals surface area (Å²) in [7, 11) is 2.45. The van der Waals surface area contributed by atoms with Gasteiger partial charge in [-0.25, -0.2) is 3.89 Å². The number of allylic oxidation sites excluding steroid dienone is 1. The molecule has 0 aromatic carbocycles. The van der Waals surface area contributed by atoms with Gasteiger partial charge in [0.25, 0.3) is 0 Å². The average molecular weight is 409 g/mol. The van der Waals surface area contributed by atoms with E-state index < -0.39 is 0 Å². The van der Waals surface area contributed by atoms with E-state index in [0.29, 0.717) is 0 Å². The zero-order chi connectivity index (χ0) is 12.6. The van der Waals surface area contributed by atoms with Gasteiger partial charge in [0.2, 0.25) is 0 Å². The molecule has 1 unspecified atom stereocenters. The summed E-state index contributed by atoms with van der Waals surface area (Å²) < 4.78 is 2.34. The fraction of sp³-hybridized carbons (Fsp3) is 0.800. The highest BCUT2D eigenvalue weighted by atomic mass is 127. The lowest BCUT2D eigenvalue weighted by Gasteiger charge is -2.39. The Morgan fingerprint density at radius 1 is 1.00 bits per heavy atom. The first-order valence-corrected chi connectivity index (χ1v) is 8.73. The van der Waals surface area contributed by atoms with Gasteiger partial charge in [0.1, 0.15) is 27.9 Å². The highest BCUT2D eigenvalue weighted by Crippen LogP contribution is 2.50. The third kappa shape index (κ3) is 3.06. The first kappa shape index (κ1) is 16.2. The van der Waals surface area contributed by atoms with Crippen molar-refractivity contribution >= 4 is 28.4 Å². The number of halogens is 1.